The number of H-pyrrole nitrogens is 1. The Morgan fingerprint density at radius 1 is 0.964 bits per heavy atom. The molecule has 2 saturated heterocycles. The van der Waals surface area contributed by atoms with E-state index < -0.39 is 39.5 Å². The molecule has 56 heavy (non-hydrogen) atoms. The van der Waals surface area contributed by atoms with E-state index in [1.807, 2.05) is 32.2 Å². The number of aromatic amines is 1. The van der Waals surface area contributed by atoms with Crippen LogP contribution >= 0.6 is 0 Å². The molecule has 6 heterocycles. The summed E-state index contributed by atoms with van der Waals surface area (Å²) in [6.45, 7) is 8.02. The molecular formula is C45H58N4O7. The molecule has 1 aliphatic carbocycles. The van der Waals surface area contributed by atoms with E-state index in [2.05, 4.69) is 57.0 Å². The third kappa shape index (κ3) is 4.89. The van der Waals surface area contributed by atoms with Crippen LogP contribution in [0.25, 0.3) is 10.9 Å². The fourth-order valence-corrected chi connectivity index (χ4v) is 13.4. The number of hydrogen-bond donors (Lipinski definition) is 3. The number of piperidine rings is 2. The minimum Gasteiger partial charge on any atom is -0.496 e. The monoisotopic (exact) mass is 766 g/mol. The fourth-order valence-electron chi connectivity index (χ4n) is 13.4. The lowest BCUT2D eigenvalue weighted by atomic mass is 9.46. The quantitative estimate of drug-likeness (QED) is 0.237. The van der Waals surface area contributed by atoms with Crippen molar-refractivity contribution in [3.8, 4) is 5.75 Å². The number of benzene rings is 2. The van der Waals surface area contributed by atoms with Crippen molar-refractivity contribution in [2.75, 3.05) is 66.0 Å². The maximum absolute atomic E-state index is 15.3. The minimum absolute atomic E-state index is 0.0108. The van der Waals surface area contributed by atoms with Crippen LogP contribution in [0, 0.1) is 11.3 Å². The molecule has 9 rings (SSSR count). The number of carbonyl (C=O) groups is 2. The molecule has 9 atom stereocenters. The first-order valence-electron chi connectivity index (χ1n) is 20.7. The second kappa shape index (κ2) is 13.1. The highest BCUT2D eigenvalue weighted by atomic mass is 16.5. The fraction of sp³-hybridized carbons (Fsp3) is 0.600. The SMILES string of the molecule is CC[C@]1(O)C[C@H]2CN(CCc3c([nH]c4ccccc34)[C@@](C(=O)OC)(c3cc4c(cc3OC)N(C)[C@@H]3[C@]45CCCN4CC=C[C@@](CC)(C[C@]3(O)C(=O)OC)[C@H]45)C2)C1. The van der Waals surface area contributed by atoms with Gasteiger partial charge in [-0.05, 0) is 87.1 Å². The number of nitrogens with one attached hydrogen (secondary N) is 1. The van der Waals surface area contributed by atoms with Gasteiger partial charge in [0.2, 0.25) is 0 Å². The number of hydrogen-bond acceptors (Lipinski definition) is 10. The lowest BCUT2D eigenvalue weighted by Crippen LogP contribution is -2.78. The third-order valence-electron chi connectivity index (χ3n) is 15.4. The molecular weight excluding hydrogens is 709 g/mol. The number of likely N-dealkylation sites (N-methyl/N-ethyl adjacent to an activating group) is 1. The summed E-state index contributed by atoms with van der Waals surface area (Å²) in [5, 5.41) is 26.0. The second-order valence-electron chi connectivity index (χ2n) is 18.0. The number of para-hydroxylation sites is 1. The molecule has 1 unspecified atom stereocenters. The van der Waals surface area contributed by atoms with Gasteiger partial charge in [-0.25, -0.2) is 4.79 Å². The summed E-state index contributed by atoms with van der Waals surface area (Å²) in [7, 11) is 6.47. The van der Waals surface area contributed by atoms with Crippen molar-refractivity contribution in [1.82, 2.24) is 14.8 Å². The molecule has 3 aromatic rings. The smallest absolute Gasteiger partial charge is 0.340 e. The number of rotatable bonds is 6. The van der Waals surface area contributed by atoms with Gasteiger partial charge in [-0.3, -0.25) is 14.6 Å². The number of esters is 2. The van der Waals surface area contributed by atoms with Crippen LogP contribution in [-0.2, 0) is 36.3 Å². The number of ether oxygens (including phenoxy) is 3. The highest BCUT2D eigenvalue weighted by Gasteiger charge is 2.74. The van der Waals surface area contributed by atoms with Crippen LogP contribution in [-0.4, -0.2) is 121 Å². The Morgan fingerprint density at radius 2 is 1.75 bits per heavy atom. The Labute approximate surface area is 329 Å². The Morgan fingerprint density at radius 3 is 2.48 bits per heavy atom. The molecule has 1 aromatic heterocycles. The minimum atomic E-state index is -1.81. The predicted molar refractivity (Wildman–Crippen MR) is 214 cm³/mol. The van der Waals surface area contributed by atoms with Gasteiger partial charge in [0.1, 0.15) is 11.2 Å². The molecule has 6 aliphatic rings. The largest absolute Gasteiger partial charge is 0.496 e. The third-order valence-corrected chi connectivity index (χ3v) is 15.4. The van der Waals surface area contributed by atoms with E-state index in [0.29, 0.717) is 43.5 Å². The number of fused-ring (bicyclic) bond motifs is 6. The Kier molecular flexibility index (Phi) is 8.78. The molecule has 11 heteroatoms. The van der Waals surface area contributed by atoms with E-state index in [0.717, 1.165) is 78.9 Å². The van der Waals surface area contributed by atoms with Gasteiger partial charge in [-0.1, -0.05) is 44.2 Å². The molecule has 11 nitrogen and oxygen atoms in total. The normalized spacial score (nSPS) is 37.3. The molecule has 1 spiro atoms. The predicted octanol–water partition coefficient (Wildman–Crippen LogP) is 4.84. The van der Waals surface area contributed by atoms with Crippen molar-refractivity contribution < 1.29 is 34.0 Å². The van der Waals surface area contributed by atoms with Crippen molar-refractivity contribution in [3.05, 3.63) is 70.9 Å². The summed E-state index contributed by atoms with van der Waals surface area (Å²) in [6.07, 6.45) is 9.35. The molecule has 0 radical (unpaired) electrons. The van der Waals surface area contributed by atoms with E-state index in [-0.39, 0.29) is 24.3 Å². The summed E-state index contributed by atoms with van der Waals surface area (Å²) in [6, 6.07) is 11.9. The Bertz CT molecular complexity index is 2120. The summed E-state index contributed by atoms with van der Waals surface area (Å²) < 4.78 is 17.8. The van der Waals surface area contributed by atoms with E-state index in [1.54, 1.807) is 7.11 Å². The molecule has 1 saturated carbocycles. The van der Waals surface area contributed by atoms with Crippen molar-refractivity contribution in [1.29, 1.82) is 0 Å². The highest BCUT2D eigenvalue weighted by Crippen LogP contribution is 2.67. The first kappa shape index (κ1) is 37.7. The zero-order chi connectivity index (χ0) is 39.4. The van der Waals surface area contributed by atoms with Crippen molar-refractivity contribution in [2.45, 2.75) is 99.3 Å². The van der Waals surface area contributed by atoms with E-state index >= 15 is 4.79 Å². The van der Waals surface area contributed by atoms with E-state index in [1.165, 1.54) is 14.2 Å². The number of nitrogens with zero attached hydrogens (tertiary/aromatic N) is 3. The van der Waals surface area contributed by atoms with E-state index in [9.17, 15) is 15.0 Å². The Hall–Kier alpha value is -3.90. The molecule has 2 aromatic carbocycles. The van der Waals surface area contributed by atoms with Crippen LogP contribution in [0.1, 0.15) is 81.2 Å². The Balaban J connectivity index is 1.36. The maximum Gasteiger partial charge on any atom is 0.340 e. The van der Waals surface area contributed by atoms with Crippen LogP contribution in [0.15, 0.2) is 48.6 Å². The van der Waals surface area contributed by atoms with Gasteiger partial charge in [0.25, 0.3) is 0 Å². The number of methoxy groups -OCH3 is 3. The van der Waals surface area contributed by atoms with Gasteiger partial charge in [-0.2, -0.15) is 0 Å². The number of aromatic nitrogens is 1. The first-order valence-corrected chi connectivity index (χ1v) is 20.7. The molecule has 3 fully saturated rings. The lowest BCUT2D eigenvalue weighted by Gasteiger charge is -2.66. The number of carbonyl (C=O) groups excluding carboxylic acids is 2. The first-order chi connectivity index (χ1) is 26.9. The van der Waals surface area contributed by atoms with Gasteiger partial charge >= 0.3 is 11.9 Å². The second-order valence-corrected chi connectivity index (χ2v) is 18.0. The summed E-state index contributed by atoms with van der Waals surface area (Å²) in [4.78, 5) is 40.2. The van der Waals surface area contributed by atoms with Gasteiger partial charge < -0.3 is 34.3 Å². The average molecular weight is 767 g/mol. The van der Waals surface area contributed by atoms with Crippen LogP contribution in [0.5, 0.6) is 5.75 Å². The average Bonchev–Trinajstić information content (AvgIpc) is 3.71. The highest BCUT2D eigenvalue weighted by molar-refractivity contribution is 5.94. The molecule has 0 amide bonds. The maximum atomic E-state index is 15.3. The van der Waals surface area contributed by atoms with Gasteiger partial charge in [0.15, 0.2) is 5.60 Å². The van der Waals surface area contributed by atoms with Gasteiger partial charge in [0, 0.05) is 84.0 Å². The zero-order valence-electron chi connectivity index (χ0n) is 33.8. The van der Waals surface area contributed by atoms with Crippen molar-refractivity contribution >= 4 is 28.5 Å². The van der Waals surface area contributed by atoms with Crippen LogP contribution < -0.4 is 9.64 Å². The zero-order valence-corrected chi connectivity index (χ0v) is 33.8. The molecule has 5 aliphatic heterocycles. The lowest BCUT2D eigenvalue weighted by molar-refractivity contribution is -0.189. The summed E-state index contributed by atoms with van der Waals surface area (Å²) >= 11 is 0. The topological polar surface area (TPSA) is 128 Å². The van der Waals surface area contributed by atoms with Crippen molar-refractivity contribution in [3.63, 3.8) is 0 Å². The van der Waals surface area contributed by atoms with Gasteiger partial charge in [0.05, 0.1) is 33.0 Å². The standard InChI is InChI=1S/C45H58N4O7/c1-7-41-16-11-18-49-19-12-17-43(37(41)49)31-21-32(35(54-4)22-34(31)47(3)38(43)45(53,26-41)40(51)56-6)44(39(50)55-5)24-28-23-42(52,8-2)27-48(25-28)20-15-30-29-13-9-10-14-33(29)46-36(30)44/h9-11,13-14,16,21-22,28,37-38,46,52-53H,7-8,12,15,17-20,23-27H2,1-6H3/t28-,37+,38-,41+,42+,43-,44+,45-/m1/s1. The van der Waals surface area contributed by atoms with Crippen LogP contribution in [0.2, 0.25) is 0 Å². The summed E-state index contributed by atoms with van der Waals surface area (Å²) in [5.41, 5.74) is 0.186. The molecule has 2 bridgehead atoms. The van der Waals surface area contributed by atoms with Gasteiger partial charge in [-0.15, -0.1) is 0 Å². The number of anilines is 1. The van der Waals surface area contributed by atoms with Crippen LogP contribution in [0.4, 0.5) is 5.69 Å². The number of aliphatic hydroxyl groups is 2. The van der Waals surface area contributed by atoms with Crippen molar-refractivity contribution in [2.24, 2.45) is 11.3 Å². The molecule has 300 valence electrons. The molecule has 3 N–H and O–H groups in total. The van der Waals surface area contributed by atoms with E-state index in [4.69, 9.17) is 14.2 Å². The van der Waals surface area contributed by atoms with Crippen LogP contribution in [0.3, 0.4) is 0 Å². The summed E-state index contributed by atoms with van der Waals surface area (Å²) in [5.74, 6) is -0.507.